The fourth-order valence-corrected chi connectivity index (χ4v) is 4.13. The second-order valence-corrected chi connectivity index (χ2v) is 7.55. The molecule has 8 heteroatoms. The molecule has 0 aliphatic rings. The summed E-state index contributed by atoms with van der Waals surface area (Å²) in [5, 5.41) is 8.87. The monoisotopic (exact) mass is 386 g/mol. The Balaban J connectivity index is 2.38. The minimum absolute atomic E-state index is 0.102. The molecule has 2 aromatic rings. The molecule has 1 aromatic carbocycles. The molecule has 0 bridgehead atoms. The molecule has 1 amide bonds. The van der Waals surface area contributed by atoms with Crippen LogP contribution in [0.25, 0.3) is 0 Å². The number of benzene rings is 1. The highest BCUT2D eigenvalue weighted by atomic mass is 79.9. The summed E-state index contributed by atoms with van der Waals surface area (Å²) in [5.74, 6) is 0. The van der Waals surface area contributed by atoms with Crippen molar-refractivity contribution in [3.8, 4) is 0 Å². The van der Waals surface area contributed by atoms with E-state index in [9.17, 15) is 13.2 Å². The van der Waals surface area contributed by atoms with Crippen molar-refractivity contribution >= 4 is 32.0 Å². The van der Waals surface area contributed by atoms with Gasteiger partial charge in [-0.15, -0.1) is 0 Å². The molecule has 0 saturated heterocycles. The van der Waals surface area contributed by atoms with Gasteiger partial charge in [0.2, 0.25) is 0 Å². The lowest BCUT2D eigenvalue weighted by atomic mass is 10.2. The Morgan fingerprint density at radius 3 is 2.45 bits per heavy atom. The van der Waals surface area contributed by atoms with Gasteiger partial charge in [-0.2, -0.15) is 0 Å². The molecule has 0 atom stereocenters. The van der Waals surface area contributed by atoms with Crippen LogP contribution in [0.15, 0.2) is 46.0 Å². The topological polar surface area (TPSA) is 79.6 Å². The van der Waals surface area contributed by atoms with Crippen molar-refractivity contribution in [2.45, 2.75) is 18.4 Å². The van der Waals surface area contributed by atoms with Crippen LogP contribution < -0.4 is 0 Å². The highest BCUT2D eigenvalue weighted by Crippen LogP contribution is 2.23. The number of halogens is 1. The van der Waals surface area contributed by atoms with Crippen molar-refractivity contribution in [3.05, 3.63) is 52.3 Å². The molecule has 0 aliphatic carbocycles. The van der Waals surface area contributed by atoms with Gasteiger partial charge in [0.05, 0.1) is 11.4 Å². The van der Waals surface area contributed by atoms with E-state index in [1.807, 2.05) is 6.92 Å². The molecule has 2 rings (SSSR count). The highest BCUT2D eigenvalue weighted by Gasteiger charge is 2.20. The van der Waals surface area contributed by atoms with Gasteiger partial charge in [-0.05, 0) is 46.6 Å². The quantitative estimate of drug-likeness (QED) is 0.875. The van der Waals surface area contributed by atoms with E-state index in [1.54, 1.807) is 30.3 Å². The highest BCUT2D eigenvalue weighted by molar-refractivity contribution is 9.10. The van der Waals surface area contributed by atoms with Crippen molar-refractivity contribution in [2.24, 2.45) is 0 Å². The molecule has 0 unspecified atom stereocenters. The van der Waals surface area contributed by atoms with Crippen LogP contribution in [0.1, 0.15) is 11.1 Å². The number of rotatable bonds is 4. The second kappa shape index (κ2) is 6.13. The number of aryl methyl sites for hydroxylation is 1. The molecule has 0 spiro atoms. The molecule has 6 nitrogen and oxygen atoms in total. The van der Waals surface area contributed by atoms with Crippen LogP contribution in [0, 0.1) is 6.92 Å². The molecule has 1 N–H and O–H groups in total. The molecule has 118 valence electrons. The Morgan fingerprint density at radius 2 is 1.91 bits per heavy atom. The van der Waals surface area contributed by atoms with Gasteiger partial charge < -0.3 is 10.0 Å². The third-order valence-corrected chi connectivity index (χ3v) is 5.66. The fraction of sp³-hybridized carbons (Fsp3) is 0.214. The maximum Gasteiger partial charge on any atom is 0.407 e. The number of carbonyl (C=O) groups is 1. The normalized spacial score (nSPS) is 11.4. The van der Waals surface area contributed by atoms with E-state index in [4.69, 9.17) is 5.11 Å². The van der Waals surface area contributed by atoms with Crippen molar-refractivity contribution in [3.63, 3.8) is 0 Å². The number of amides is 1. The SMILES string of the molecule is Cc1ccc(S(=O)(=O)n2cc(CN(C)C(=O)O)cc2Br)cc1. The van der Waals surface area contributed by atoms with Gasteiger partial charge >= 0.3 is 6.09 Å². The fourth-order valence-electron chi connectivity index (χ4n) is 1.90. The van der Waals surface area contributed by atoms with E-state index < -0.39 is 16.1 Å². The van der Waals surface area contributed by atoms with Gasteiger partial charge in [-0.1, -0.05) is 17.7 Å². The summed E-state index contributed by atoms with van der Waals surface area (Å²) in [4.78, 5) is 12.1. The Hall–Kier alpha value is -1.80. The second-order valence-electron chi connectivity index (χ2n) is 4.92. The van der Waals surface area contributed by atoms with Gasteiger partial charge in [-0.3, -0.25) is 0 Å². The summed E-state index contributed by atoms with van der Waals surface area (Å²) < 4.78 is 26.7. The zero-order valence-corrected chi connectivity index (χ0v) is 14.4. The van der Waals surface area contributed by atoms with Crippen molar-refractivity contribution in [1.29, 1.82) is 0 Å². The number of hydrogen-bond donors (Lipinski definition) is 1. The van der Waals surface area contributed by atoms with Crippen LogP contribution in [0.2, 0.25) is 0 Å². The average Bonchev–Trinajstić information content (AvgIpc) is 2.80. The maximum absolute atomic E-state index is 12.6. The summed E-state index contributed by atoms with van der Waals surface area (Å²) >= 11 is 3.21. The molecule has 22 heavy (non-hydrogen) atoms. The Kier molecular flexibility index (Phi) is 4.62. The molecule has 0 saturated carbocycles. The molecule has 0 fully saturated rings. The average molecular weight is 387 g/mol. The predicted molar refractivity (Wildman–Crippen MR) is 85.4 cm³/mol. The molecule has 1 aromatic heterocycles. The van der Waals surface area contributed by atoms with E-state index in [0.717, 1.165) is 14.4 Å². The lowest BCUT2D eigenvalue weighted by Gasteiger charge is -2.11. The zero-order valence-electron chi connectivity index (χ0n) is 12.0. The van der Waals surface area contributed by atoms with Crippen LogP contribution in [0.5, 0.6) is 0 Å². The van der Waals surface area contributed by atoms with E-state index in [2.05, 4.69) is 15.9 Å². The van der Waals surface area contributed by atoms with Gasteiger partial charge in [0.25, 0.3) is 10.0 Å². The predicted octanol–water partition coefficient (Wildman–Crippen LogP) is 2.91. The molecule has 0 aliphatic heterocycles. The lowest BCUT2D eigenvalue weighted by Crippen LogP contribution is -2.23. The number of carboxylic acid groups (broad SMARTS) is 1. The third-order valence-electron chi connectivity index (χ3n) is 3.12. The zero-order chi connectivity index (χ0) is 16.5. The first kappa shape index (κ1) is 16.6. The van der Waals surface area contributed by atoms with Gasteiger partial charge in [0.1, 0.15) is 4.60 Å². The van der Waals surface area contributed by atoms with Crippen molar-refractivity contribution < 1.29 is 18.3 Å². The minimum Gasteiger partial charge on any atom is -0.465 e. The number of nitrogens with zero attached hydrogens (tertiary/aromatic N) is 2. The largest absolute Gasteiger partial charge is 0.465 e. The molecule has 0 radical (unpaired) electrons. The van der Waals surface area contributed by atoms with Gasteiger partial charge in [0.15, 0.2) is 0 Å². The van der Waals surface area contributed by atoms with E-state index in [-0.39, 0.29) is 11.4 Å². The van der Waals surface area contributed by atoms with Crippen molar-refractivity contribution in [2.75, 3.05) is 7.05 Å². The number of hydrogen-bond acceptors (Lipinski definition) is 3. The van der Waals surface area contributed by atoms with Crippen molar-refractivity contribution in [1.82, 2.24) is 8.87 Å². The smallest absolute Gasteiger partial charge is 0.407 e. The lowest BCUT2D eigenvalue weighted by molar-refractivity contribution is 0.154. The van der Waals surface area contributed by atoms with Crippen LogP contribution in [0.4, 0.5) is 4.79 Å². The van der Waals surface area contributed by atoms with Crippen LogP contribution in [-0.4, -0.2) is 35.5 Å². The summed E-state index contributed by atoms with van der Waals surface area (Å²) in [5.41, 5.74) is 1.54. The Morgan fingerprint density at radius 1 is 1.32 bits per heavy atom. The first-order chi connectivity index (χ1) is 10.2. The maximum atomic E-state index is 12.6. The number of aromatic nitrogens is 1. The Labute approximate surface area is 137 Å². The summed E-state index contributed by atoms with van der Waals surface area (Å²) in [6.07, 6.45) is 0.337. The standard InChI is InChI=1S/C14H15BrN2O4S/c1-10-3-5-12(6-4-10)22(20,21)17-9-11(7-13(17)15)8-16(2)14(18)19/h3-7,9H,8H2,1-2H3,(H,18,19). The first-order valence-electron chi connectivity index (χ1n) is 6.35. The van der Waals surface area contributed by atoms with Crippen LogP contribution >= 0.6 is 15.9 Å². The summed E-state index contributed by atoms with van der Waals surface area (Å²) in [6.45, 7) is 1.98. The first-order valence-corrected chi connectivity index (χ1v) is 8.58. The van der Waals surface area contributed by atoms with Gasteiger partial charge in [-0.25, -0.2) is 17.2 Å². The van der Waals surface area contributed by atoms with E-state index in [1.165, 1.54) is 13.2 Å². The van der Waals surface area contributed by atoms with Gasteiger partial charge in [0, 0.05) is 13.2 Å². The molecular weight excluding hydrogens is 372 g/mol. The summed E-state index contributed by atoms with van der Waals surface area (Å²) in [7, 11) is -2.30. The Bertz CT molecular complexity index is 797. The third kappa shape index (κ3) is 3.33. The van der Waals surface area contributed by atoms with Crippen LogP contribution in [-0.2, 0) is 16.6 Å². The minimum atomic E-state index is -3.72. The van der Waals surface area contributed by atoms with E-state index >= 15 is 0 Å². The molecular formula is C14H15BrN2O4S. The molecule has 1 heterocycles. The van der Waals surface area contributed by atoms with Crippen LogP contribution in [0.3, 0.4) is 0 Å². The summed E-state index contributed by atoms with van der Waals surface area (Å²) in [6, 6.07) is 8.12. The van der Waals surface area contributed by atoms with E-state index in [0.29, 0.717) is 10.2 Å².